The number of likely N-dealkylation sites (tertiary alicyclic amines) is 1. The molecular formula is C26H36N4O5. The third kappa shape index (κ3) is 6.83. The average Bonchev–Trinajstić information content (AvgIpc) is 3.27. The molecule has 0 bridgehead atoms. The van der Waals surface area contributed by atoms with Crippen LogP contribution in [0, 0.1) is 5.92 Å². The second kappa shape index (κ2) is 11.4. The predicted molar refractivity (Wildman–Crippen MR) is 133 cm³/mol. The molecule has 2 aromatic rings. The van der Waals surface area contributed by atoms with Crippen LogP contribution in [-0.2, 0) is 24.5 Å². The molecule has 0 aliphatic carbocycles. The highest BCUT2D eigenvalue weighted by atomic mass is 16.5. The largest absolute Gasteiger partial charge is 0.497 e. The van der Waals surface area contributed by atoms with Crippen molar-refractivity contribution in [3.8, 4) is 11.4 Å². The lowest BCUT2D eigenvalue weighted by atomic mass is 9.92. The third-order valence-electron chi connectivity index (χ3n) is 6.02. The smallest absolute Gasteiger partial charge is 0.310 e. The lowest BCUT2D eigenvalue weighted by molar-refractivity contribution is -0.151. The maximum atomic E-state index is 12.8. The molecule has 0 spiro atoms. The summed E-state index contributed by atoms with van der Waals surface area (Å²) in [7, 11) is 1.61. The van der Waals surface area contributed by atoms with Gasteiger partial charge in [-0.3, -0.25) is 14.4 Å². The number of hydrogen-bond donors (Lipinski definition) is 1. The summed E-state index contributed by atoms with van der Waals surface area (Å²) in [4.78, 5) is 39.2. The van der Waals surface area contributed by atoms with Crippen molar-refractivity contribution in [1.29, 1.82) is 0 Å². The Morgan fingerprint density at radius 3 is 2.49 bits per heavy atom. The van der Waals surface area contributed by atoms with Crippen molar-refractivity contribution >= 4 is 23.6 Å². The number of piperidine rings is 1. The van der Waals surface area contributed by atoms with Crippen LogP contribution in [0.1, 0.15) is 59.1 Å². The first-order chi connectivity index (χ1) is 16.6. The highest BCUT2D eigenvalue weighted by Gasteiger charge is 2.29. The van der Waals surface area contributed by atoms with E-state index in [2.05, 4.69) is 26.1 Å². The number of carbonyl (C=O) groups is 3. The highest BCUT2D eigenvalue weighted by Crippen LogP contribution is 2.27. The number of anilines is 1. The summed E-state index contributed by atoms with van der Waals surface area (Å²) in [5, 5.41) is 7.63. The van der Waals surface area contributed by atoms with Gasteiger partial charge < -0.3 is 19.7 Å². The molecule has 9 nitrogen and oxygen atoms in total. The Hall–Kier alpha value is -3.36. The summed E-state index contributed by atoms with van der Waals surface area (Å²) in [5.74, 6) is 0.308. The fourth-order valence-electron chi connectivity index (χ4n) is 4.00. The second-order valence-electron chi connectivity index (χ2n) is 9.75. The Balaban J connectivity index is 1.65. The molecule has 1 fully saturated rings. The molecule has 1 aliphatic rings. The van der Waals surface area contributed by atoms with Gasteiger partial charge in [0.25, 0.3) is 0 Å². The monoisotopic (exact) mass is 484 g/mol. The van der Waals surface area contributed by atoms with E-state index in [-0.39, 0.29) is 42.0 Å². The molecule has 2 amide bonds. The van der Waals surface area contributed by atoms with E-state index < -0.39 is 0 Å². The topological polar surface area (TPSA) is 103 Å². The SMILES string of the molecule is CCOC(=O)C1CCCN(C(=O)CCC(=O)Nc2cc(C(C)(C)C)nn2-c2ccc(OC)cc2)C1. The number of benzene rings is 1. The van der Waals surface area contributed by atoms with Gasteiger partial charge in [0.2, 0.25) is 11.8 Å². The third-order valence-corrected chi connectivity index (χ3v) is 6.02. The summed E-state index contributed by atoms with van der Waals surface area (Å²) >= 11 is 0. The standard InChI is InChI=1S/C26H36N4O5/c1-6-35-25(33)18-8-7-15-29(17-18)24(32)14-13-23(31)27-22-16-21(26(2,3)4)28-30(22)19-9-11-20(34-5)12-10-19/h9-12,16,18H,6-8,13-15,17H2,1-5H3,(H,27,31). The van der Waals surface area contributed by atoms with Crippen LogP contribution in [0.15, 0.2) is 30.3 Å². The van der Waals surface area contributed by atoms with Crippen LogP contribution in [0.4, 0.5) is 5.82 Å². The molecule has 1 aliphatic heterocycles. The van der Waals surface area contributed by atoms with Crippen LogP contribution in [0.3, 0.4) is 0 Å². The van der Waals surface area contributed by atoms with Crippen LogP contribution < -0.4 is 10.1 Å². The van der Waals surface area contributed by atoms with Crippen molar-refractivity contribution in [2.45, 2.75) is 58.8 Å². The lowest BCUT2D eigenvalue weighted by Crippen LogP contribution is -2.43. The maximum absolute atomic E-state index is 12.8. The van der Waals surface area contributed by atoms with Gasteiger partial charge in [-0.15, -0.1) is 0 Å². The van der Waals surface area contributed by atoms with Gasteiger partial charge in [0.1, 0.15) is 11.6 Å². The highest BCUT2D eigenvalue weighted by molar-refractivity contribution is 5.93. The number of nitrogens with one attached hydrogen (secondary N) is 1. The van der Waals surface area contributed by atoms with Crippen molar-refractivity contribution in [3.63, 3.8) is 0 Å². The molecule has 1 N–H and O–H groups in total. The minimum Gasteiger partial charge on any atom is -0.497 e. The van der Waals surface area contributed by atoms with Crippen molar-refractivity contribution in [3.05, 3.63) is 36.0 Å². The Morgan fingerprint density at radius 2 is 1.86 bits per heavy atom. The minimum absolute atomic E-state index is 0.0397. The van der Waals surface area contributed by atoms with E-state index in [0.29, 0.717) is 31.9 Å². The molecule has 3 rings (SSSR count). The first-order valence-corrected chi connectivity index (χ1v) is 12.1. The zero-order valence-electron chi connectivity index (χ0n) is 21.3. The number of carbonyl (C=O) groups excluding carboxylic acids is 3. The first-order valence-electron chi connectivity index (χ1n) is 12.1. The molecule has 1 aromatic heterocycles. The summed E-state index contributed by atoms with van der Waals surface area (Å²) in [6, 6.07) is 9.26. The molecule has 0 saturated carbocycles. The van der Waals surface area contributed by atoms with E-state index in [9.17, 15) is 14.4 Å². The van der Waals surface area contributed by atoms with Crippen molar-refractivity contribution in [2.75, 3.05) is 32.1 Å². The Bertz CT molecular complexity index is 1040. The van der Waals surface area contributed by atoms with E-state index in [4.69, 9.17) is 14.6 Å². The van der Waals surface area contributed by atoms with Gasteiger partial charge in [0.05, 0.1) is 31.0 Å². The van der Waals surface area contributed by atoms with Crippen LogP contribution in [-0.4, -0.2) is 59.3 Å². The number of hydrogen-bond acceptors (Lipinski definition) is 6. The van der Waals surface area contributed by atoms with E-state index in [1.54, 1.807) is 23.6 Å². The summed E-state index contributed by atoms with van der Waals surface area (Å²) < 4.78 is 12.0. The van der Waals surface area contributed by atoms with E-state index in [1.165, 1.54) is 0 Å². The number of methoxy groups -OCH3 is 1. The molecule has 1 unspecified atom stereocenters. The van der Waals surface area contributed by atoms with Crippen molar-refractivity contribution < 1.29 is 23.9 Å². The molecule has 1 atom stereocenters. The van der Waals surface area contributed by atoms with E-state index in [0.717, 1.165) is 23.6 Å². The van der Waals surface area contributed by atoms with Crippen LogP contribution in [0.25, 0.3) is 5.69 Å². The molecule has 9 heteroatoms. The summed E-state index contributed by atoms with van der Waals surface area (Å²) in [6.45, 7) is 9.20. The van der Waals surface area contributed by atoms with Gasteiger partial charge in [0, 0.05) is 37.4 Å². The van der Waals surface area contributed by atoms with Gasteiger partial charge in [-0.25, -0.2) is 4.68 Å². The summed E-state index contributed by atoms with van der Waals surface area (Å²) in [6.07, 6.45) is 1.58. The van der Waals surface area contributed by atoms with Gasteiger partial charge in [-0.05, 0) is 44.0 Å². The number of ether oxygens (including phenoxy) is 2. The molecule has 35 heavy (non-hydrogen) atoms. The van der Waals surface area contributed by atoms with E-state index in [1.807, 2.05) is 30.3 Å². The fraction of sp³-hybridized carbons (Fsp3) is 0.538. The number of amides is 2. The van der Waals surface area contributed by atoms with Crippen LogP contribution in [0.2, 0.25) is 0 Å². The normalized spacial score (nSPS) is 16.0. The molecule has 2 heterocycles. The minimum atomic E-state index is -0.295. The quantitative estimate of drug-likeness (QED) is 0.573. The Morgan fingerprint density at radius 1 is 1.14 bits per heavy atom. The number of aromatic nitrogens is 2. The van der Waals surface area contributed by atoms with Crippen molar-refractivity contribution in [2.24, 2.45) is 5.92 Å². The number of esters is 1. The van der Waals surface area contributed by atoms with Gasteiger partial charge in [-0.2, -0.15) is 5.10 Å². The molecule has 190 valence electrons. The fourth-order valence-corrected chi connectivity index (χ4v) is 4.00. The van der Waals surface area contributed by atoms with Gasteiger partial charge >= 0.3 is 5.97 Å². The number of nitrogens with zero attached hydrogens (tertiary/aromatic N) is 3. The Labute approximate surface area is 206 Å². The Kier molecular flexibility index (Phi) is 8.53. The van der Waals surface area contributed by atoms with Gasteiger partial charge in [0.15, 0.2) is 0 Å². The van der Waals surface area contributed by atoms with Crippen LogP contribution in [0.5, 0.6) is 5.75 Å². The van der Waals surface area contributed by atoms with Gasteiger partial charge in [-0.1, -0.05) is 20.8 Å². The predicted octanol–water partition coefficient (Wildman–Crippen LogP) is 3.70. The molecule has 0 radical (unpaired) electrons. The number of rotatable bonds is 8. The first kappa shape index (κ1) is 26.2. The van der Waals surface area contributed by atoms with Crippen molar-refractivity contribution in [1.82, 2.24) is 14.7 Å². The molecule has 1 saturated heterocycles. The zero-order chi connectivity index (χ0) is 25.6. The molecule has 1 aromatic carbocycles. The summed E-state index contributed by atoms with van der Waals surface area (Å²) in [5.41, 5.74) is 1.40. The average molecular weight is 485 g/mol. The lowest BCUT2D eigenvalue weighted by Gasteiger charge is -2.31. The second-order valence-corrected chi connectivity index (χ2v) is 9.75. The molecular weight excluding hydrogens is 448 g/mol. The zero-order valence-corrected chi connectivity index (χ0v) is 21.3. The maximum Gasteiger partial charge on any atom is 0.310 e. The van der Waals surface area contributed by atoms with Crippen LogP contribution >= 0.6 is 0 Å². The van der Waals surface area contributed by atoms with E-state index >= 15 is 0 Å².